The molecule has 8 nitrogen and oxygen atoms in total. The third-order valence-corrected chi connectivity index (χ3v) is 5.55. The van der Waals surface area contributed by atoms with Gasteiger partial charge in [-0.2, -0.15) is 13.9 Å². The van der Waals surface area contributed by atoms with Crippen LogP contribution in [0, 0.1) is 0 Å². The van der Waals surface area contributed by atoms with E-state index in [0.29, 0.717) is 28.2 Å². The van der Waals surface area contributed by atoms with E-state index in [4.69, 9.17) is 4.74 Å². The van der Waals surface area contributed by atoms with Crippen LogP contribution in [0.15, 0.2) is 48.8 Å². The van der Waals surface area contributed by atoms with Gasteiger partial charge in [0.15, 0.2) is 17.6 Å². The van der Waals surface area contributed by atoms with Crippen molar-refractivity contribution in [2.45, 2.75) is 38.3 Å². The molecule has 0 fully saturated rings. The van der Waals surface area contributed by atoms with Crippen LogP contribution in [0.1, 0.15) is 48.8 Å². The van der Waals surface area contributed by atoms with Crippen molar-refractivity contribution in [3.05, 3.63) is 71.6 Å². The second-order valence-electron chi connectivity index (χ2n) is 8.45. The Kier molecular flexibility index (Phi) is 5.45. The number of alkyl halides is 3. The van der Waals surface area contributed by atoms with Crippen molar-refractivity contribution in [2.24, 2.45) is 0 Å². The maximum atomic E-state index is 14.8. The summed E-state index contributed by atoms with van der Waals surface area (Å²) in [5, 5.41) is 17.8. The Hall–Kier alpha value is -3.57. The van der Waals surface area contributed by atoms with E-state index in [9.17, 15) is 18.3 Å². The zero-order valence-electron chi connectivity index (χ0n) is 18.3. The van der Waals surface area contributed by atoms with E-state index in [0.717, 1.165) is 0 Å². The van der Waals surface area contributed by atoms with E-state index < -0.39 is 24.4 Å². The van der Waals surface area contributed by atoms with Crippen molar-refractivity contribution in [1.29, 1.82) is 0 Å². The maximum absolute atomic E-state index is 14.8. The van der Waals surface area contributed by atoms with Gasteiger partial charge in [0.2, 0.25) is 0 Å². The average molecular weight is 470 g/mol. The molecule has 0 amide bonds. The molecule has 0 aliphatic carbocycles. The van der Waals surface area contributed by atoms with Crippen molar-refractivity contribution in [3.8, 4) is 17.0 Å². The van der Waals surface area contributed by atoms with E-state index in [2.05, 4.69) is 25.4 Å². The Morgan fingerprint density at radius 1 is 1.15 bits per heavy atom. The minimum absolute atomic E-state index is 0.0139. The van der Waals surface area contributed by atoms with E-state index in [1.165, 1.54) is 23.0 Å². The number of halogens is 3. The summed E-state index contributed by atoms with van der Waals surface area (Å²) in [6.45, 7) is 0.126. The van der Waals surface area contributed by atoms with Crippen LogP contribution >= 0.6 is 0 Å². The largest absolute Gasteiger partial charge is 0.434 e. The molecule has 5 rings (SSSR count). The van der Waals surface area contributed by atoms with Gasteiger partial charge in [-0.1, -0.05) is 18.2 Å². The summed E-state index contributed by atoms with van der Waals surface area (Å²) in [6, 6.07) is 9.09. The minimum atomic E-state index is -3.00. The van der Waals surface area contributed by atoms with Crippen molar-refractivity contribution in [2.75, 3.05) is 6.54 Å². The Morgan fingerprint density at radius 2 is 1.88 bits per heavy atom. The second kappa shape index (κ2) is 8.33. The molecule has 11 heteroatoms. The van der Waals surface area contributed by atoms with Crippen LogP contribution in [0.2, 0.25) is 0 Å². The van der Waals surface area contributed by atoms with Gasteiger partial charge < -0.3 is 15.2 Å². The van der Waals surface area contributed by atoms with Crippen LogP contribution in [0.3, 0.4) is 0 Å². The summed E-state index contributed by atoms with van der Waals surface area (Å²) in [6.07, 6.45) is 1.68. The molecule has 1 aliphatic rings. The third-order valence-electron chi connectivity index (χ3n) is 5.55. The Bertz CT molecular complexity index is 1340. The van der Waals surface area contributed by atoms with E-state index in [1.807, 2.05) is 0 Å². The smallest absolute Gasteiger partial charge is 0.387 e. The molecule has 0 bridgehead atoms. The standard InChI is InChI=1S/C23H21F3N6O2/c1-23(2,33)21-28-9-12(10-29-21)15-7-8-17-30-19-14(24)11-27-18(20(19)32(17)31-15)13-5-3-4-6-16(13)34-22(25)26/h3-10,14,18,22,27,33H,11H2,1-2H3/t14-,18-/m1/s1. The molecule has 0 unspecified atom stereocenters. The SMILES string of the molecule is CC(C)(O)c1ncc(-c2ccc3nc4c(n3n2)[C@@H](c2ccccc2OC(F)F)NC[C@H]4F)cn1. The van der Waals surface area contributed by atoms with Crippen molar-refractivity contribution >= 4 is 5.65 Å². The number of aliphatic hydroxyl groups is 1. The number of aromatic nitrogens is 5. The Labute approximate surface area is 192 Å². The number of imidazole rings is 1. The van der Waals surface area contributed by atoms with Crippen LogP contribution in [0.5, 0.6) is 5.75 Å². The molecular formula is C23H21F3N6O2. The quantitative estimate of drug-likeness (QED) is 0.459. The van der Waals surface area contributed by atoms with Gasteiger partial charge in [0.25, 0.3) is 0 Å². The number of hydrogen-bond acceptors (Lipinski definition) is 7. The van der Waals surface area contributed by atoms with Crippen LogP contribution in [-0.4, -0.2) is 42.8 Å². The number of ether oxygens (including phenoxy) is 1. The van der Waals surface area contributed by atoms with Crippen LogP contribution in [-0.2, 0) is 5.60 Å². The van der Waals surface area contributed by atoms with E-state index in [-0.39, 0.29) is 23.8 Å². The monoisotopic (exact) mass is 470 g/mol. The summed E-state index contributed by atoms with van der Waals surface area (Å²) in [5.74, 6) is 0.248. The van der Waals surface area contributed by atoms with Crippen LogP contribution in [0.25, 0.3) is 16.9 Å². The third kappa shape index (κ3) is 3.97. The number of nitrogens with one attached hydrogen (secondary N) is 1. The number of hydrogen-bond donors (Lipinski definition) is 2. The number of benzene rings is 1. The van der Waals surface area contributed by atoms with E-state index >= 15 is 0 Å². The molecule has 1 aliphatic heterocycles. The van der Waals surface area contributed by atoms with Gasteiger partial charge >= 0.3 is 6.61 Å². The highest BCUT2D eigenvalue weighted by Gasteiger charge is 2.35. The normalized spacial score (nSPS) is 18.3. The molecule has 4 heterocycles. The fraction of sp³-hybridized carbons (Fsp3) is 0.304. The highest BCUT2D eigenvalue weighted by Crippen LogP contribution is 2.38. The molecule has 2 atom stereocenters. The number of rotatable bonds is 5. The molecule has 176 valence electrons. The lowest BCUT2D eigenvalue weighted by Crippen LogP contribution is -2.33. The first-order valence-corrected chi connectivity index (χ1v) is 10.6. The zero-order chi connectivity index (χ0) is 24.0. The number of fused-ring (bicyclic) bond motifs is 3. The van der Waals surface area contributed by atoms with Crippen molar-refractivity contribution < 1.29 is 23.0 Å². The lowest BCUT2D eigenvalue weighted by Gasteiger charge is -2.27. The molecule has 3 aromatic heterocycles. The lowest BCUT2D eigenvalue weighted by atomic mass is 9.96. The van der Waals surface area contributed by atoms with Gasteiger partial charge in [-0.15, -0.1) is 0 Å². The van der Waals surface area contributed by atoms with Crippen molar-refractivity contribution in [3.63, 3.8) is 0 Å². The minimum Gasteiger partial charge on any atom is -0.434 e. The fourth-order valence-corrected chi connectivity index (χ4v) is 3.99. The summed E-state index contributed by atoms with van der Waals surface area (Å²) >= 11 is 0. The van der Waals surface area contributed by atoms with Gasteiger partial charge in [0.1, 0.15) is 17.0 Å². The van der Waals surface area contributed by atoms with Gasteiger partial charge in [-0.25, -0.2) is 23.9 Å². The molecule has 0 radical (unpaired) electrons. The zero-order valence-corrected chi connectivity index (χ0v) is 18.3. The first kappa shape index (κ1) is 22.2. The first-order valence-electron chi connectivity index (χ1n) is 10.6. The predicted octanol–water partition coefficient (Wildman–Crippen LogP) is 3.72. The molecule has 4 aromatic rings. The van der Waals surface area contributed by atoms with E-state index in [1.54, 1.807) is 44.2 Å². The van der Waals surface area contributed by atoms with Gasteiger partial charge in [0.05, 0.1) is 17.4 Å². The molecule has 0 saturated carbocycles. The molecular weight excluding hydrogens is 449 g/mol. The van der Waals surface area contributed by atoms with Crippen LogP contribution < -0.4 is 10.1 Å². The Balaban J connectivity index is 1.63. The first-order chi connectivity index (χ1) is 16.2. The predicted molar refractivity (Wildman–Crippen MR) is 116 cm³/mol. The highest BCUT2D eigenvalue weighted by atomic mass is 19.3. The average Bonchev–Trinajstić information content (AvgIpc) is 3.19. The molecule has 0 saturated heterocycles. The molecule has 1 aromatic carbocycles. The fourth-order valence-electron chi connectivity index (χ4n) is 3.99. The summed E-state index contributed by atoms with van der Waals surface area (Å²) in [5.41, 5.74) is 1.29. The molecule has 0 spiro atoms. The Morgan fingerprint density at radius 3 is 2.59 bits per heavy atom. The summed E-state index contributed by atoms with van der Waals surface area (Å²) in [7, 11) is 0. The summed E-state index contributed by atoms with van der Waals surface area (Å²) < 4.78 is 47.0. The highest BCUT2D eigenvalue weighted by molar-refractivity contribution is 5.59. The second-order valence-corrected chi connectivity index (χ2v) is 8.45. The van der Waals surface area contributed by atoms with Crippen LogP contribution in [0.4, 0.5) is 13.2 Å². The maximum Gasteiger partial charge on any atom is 0.387 e. The lowest BCUT2D eigenvalue weighted by molar-refractivity contribution is -0.0506. The van der Waals surface area contributed by atoms with Gasteiger partial charge in [-0.3, -0.25) is 0 Å². The topological polar surface area (TPSA) is 97.5 Å². The number of para-hydroxylation sites is 1. The van der Waals surface area contributed by atoms with Gasteiger partial charge in [0, 0.05) is 30.1 Å². The summed E-state index contributed by atoms with van der Waals surface area (Å²) in [4.78, 5) is 12.8. The molecule has 2 N–H and O–H groups in total. The van der Waals surface area contributed by atoms with Crippen molar-refractivity contribution in [1.82, 2.24) is 29.9 Å². The molecule has 34 heavy (non-hydrogen) atoms. The van der Waals surface area contributed by atoms with Gasteiger partial charge in [-0.05, 0) is 32.0 Å². The number of nitrogens with zero attached hydrogens (tertiary/aromatic N) is 5.